The number of fused-ring (bicyclic) bond motifs is 1. The number of likely N-dealkylation sites (tertiary alicyclic amines) is 1. The largest absolute Gasteiger partial charge is 0.494 e. The topological polar surface area (TPSA) is 67.9 Å². The molecule has 0 radical (unpaired) electrons. The summed E-state index contributed by atoms with van der Waals surface area (Å²) in [5, 5.41) is 3.16. The minimum Gasteiger partial charge on any atom is -0.494 e. The number of nitrogens with zero attached hydrogens (tertiary/aromatic N) is 1. The van der Waals surface area contributed by atoms with Gasteiger partial charge in [-0.3, -0.25) is 9.59 Å². The van der Waals surface area contributed by atoms with E-state index >= 15 is 0 Å². The number of hydrogen-bond acceptors (Lipinski definition) is 4. The molecule has 0 aromatic heterocycles. The molecule has 0 bridgehead atoms. The molecular weight excluding hydrogens is 368 g/mol. The van der Waals surface area contributed by atoms with Crippen LogP contribution in [0.15, 0.2) is 54.6 Å². The first-order valence-corrected chi connectivity index (χ1v) is 10.1. The summed E-state index contributed by atoms with van der Waals surface area (Å²) in [4.78, 5) is 26.9. The highest BCUT2D eigenvalue weighted by molar-refractivity contribution is 5.81. The molecule has 1 N–H and O–H groups in total. The van der Waals surface area contributed by atoms with Gasteiger partial charge in [-0.25, -0.2) is 0 Å². The second-order valence-electron chi connectivity index (χ2n) is 7.53. The Morgan fingerprint density at radius 2 is 1.97 bits per heavy atom. The molecule has 2 fully saturated rings. The smallest absolute Gasteiger partial charge is 0.246 e. The van der Waals surface area contributed by atoms with E-state index in [4.69, 9.17) is 9.47 Å². The average molecular weight is 394 g/mol. The summed E-state index contributed by atoms with van der Waals surface area (Å²) in [7, 11) is 0. The van der Waals surface area contributed by atoms with E-state index in [0.717, 1.165) is 16.9 Å². The Morgan fingerprint density at radius 3 is 2.69 bits per heavy atom. The van der Waals surface area contributed by atoms with Crippen molar-refractivity contribution < 1.29 is 19.1 Å². The Kier molecular flexibility index (Phi) is 5.53. The molecule has 29 heavy (non-hydrogen) atoms. The molecule has 6 heteroatoms. The maximum atomic E-state index is 12.9. The molecule has 2 aliphatic heterocycles. The zero-order valence-electron chi connectivity index (χ0n) is 16.6. The molecule has 0 spiro atoms. The van der Waals surface area contributed by atoms with Gasteiger partial charge in [0.15, 0.2) is 0 Å². The SMILES string of the molecule is CCOc1ccc(CC(=O)N2CC[C@@]3(c4ccccc4)NC(=O)CO[C@@H]3C2)cc1. The summed E-state index contributed by atoms with van der Waals surface area (Å²) in [5.41, 5.74) is 1.40. The van der Waals surface area contributed by atoms with Crippen LogP contribution in [0.2, 0.25) is 0 Å². The van der Waals surface area contributed by atoms with Gasteiger partial charge in [0.25, 0.3) is 0 Å². The number of amides is 2. The Labute approximate surface area is 170 Å². The van der Waals surface area contributed by atoms with Crippen LogP contribution < -0.4 is 10.1 Å². The molecule has 2 amide bonds. The van der Waals surface area contributed by atoms with E-state index in [9.17, 15) is 9.59 Å². The van der Waals surface area contributed by atoms with E-state index in [0.29, 0.717) is 32.5 Å². The minimum atomic E-state index is -0.577. The van der Waals surface area contributed by atoms with Crippen LogP contribution in [0.4, 0.5) is 0 Å². The lowest BCUT2D eigenvalue weighted by molar-refractivity contribution is -0.157. The molecule has 152 valence electrons. The van der Waals surface area contributed by atoms with Gasteiger partial charge in [0.2, 0.25) is 11.8 Å². The number of hydrogen-bond donors (Lipinski definition) is 1. The summed E-state index contributed by atoms with van der Waals surface area (Å²) in [6.07, 6.45) is 0.701. The summed E-state index contributed by atoms with van der Waals surface area (Å²) in [5.74, 6) is 0.760. The predicted molar refractivity (Wildman–Crippen MR) is 109 cm³/mol. The molecule has 0 saturated carbocycles. The second-order valence-corrected chi connectivity index (χ2v) is 7.53. The van der Waals surface area contributed by atoms with Crippen molar-refractivity contribution in [2.75, 3.05) is 26.3 Å². The first-order chi connectivity index (χ1) is 14.1. The maximum absolute atomic E-state index is 12.9. The van der Waals surface area contributed by atoms with Crippen molar-refractivity contribution in [3.63, 3.8) is 0 Å². The lowest BCUT2D eigenvalue weighted by Gasteiger charge is -2.50. The van der Waals surface area contributed by atoms with Crippen LogP contribution in [0.3, 0.4) is 0 Å². The summed E-state index contributed by atoms with van der Waals surface area (Å²) < 4.78 is 11.4. The van der Waals surface area contributed by atoms with Gasteiger partial charge in [0.05, 0.1) is 18.6 Å². The van der Waals surface area contributed by atoms with Gasteiger partial charge in [-0.15, -0.1) is 0 Å². The number of carbonyl (C=O) groups excluding carboxylic acids is 2. The zero-order chi connectivity index (χ0) is 20.3. The Morgan fingerprint density at radius 1 is 1.21 bits per heavy atom. The first kappa shape index (κ1) is 19.5. The molecule has 2 atom stereocenters. The summed E-state index contributed by atoms with van der Waals surface area (Å²) >= 11 is 0. The molecule has 2 aromatic rings. The molecule has 4 rings (SSSR count). The standard InChI is InChI=1S/C23H26N2O4/c1-2-28-19-10-8-17(9-11-19)14-22(27)25-13-12-23(18-6-4-3-5-7-18)20(15-25)29-16-21(26)24-23/h3-11,20H,2,12-16H2,1H3,(H,24,26)/t20-,23+/m1/s1. The molecule has 0 unspecified atom stereocenters. The lowest BCUT2D eigenvalue weighted by Crippen LogP contribution is -2.67. The van der Waals surface area contributed by atoms with Crippen LogP contribution in [-0.4, -0.2) is 49.1 Å². The van der Waals surface area contributed by atoms with Gasteiger partial charge in [-0.05, 0) is 36.6 Å². The van der Waals surface area contributed by atoms with Gasteiger partial charge in [-0.1, -0.05) is 42.5 Å². The number of rotatable bonds is 5. The van der Waals surface area contributed by atoms with Gasteiger partial charge >= 0.3 is 0 Å². The van der Waals surface area contributed by atoms with Crippen LogP contribution >= 0.6 is 0 Å². The zero-order valence-corrected chi connectivity index (χ0v) is 16.6. The molecule has 2 aliphatic rings. The summed E-state index contributed by atoms with van der Waals surface area (Å²) in [6.45, 7) is 3.63. The third-order valence-corrected chi connectivity index (χ3v) is 5.72. The van der Waals surface area contributed by atoms with Crippen LogP contribution in [0, 0.1) is 0 Å². The normalized spacial score (nSPS) is 23.8. The number of carbonyl (C=O) groups is 2. The van der Waals surface area contributed by atoms with E-state index in [1.165, 1.54) is 0 Å². The Bertz CT molecular complexity index is 868. The molecule has 0 aliphatic carbocycles. The maximum Gasteiger partial charge on any atom is 0.246 e. The predicted octanol–water partition coefficient (Wildman–Crippen LogP) is 2.27. The fourth-order valence-electron chi connectivity index (χ4n) is 4.24. The van der Waals surface area contributed by atoms with E-state index in [1.807, 2.05) is 66.4 Å². The van der Waals surface area contributed by atoms with Crippen LogP contribution in [0.1, 0.15) is 24.5 Å². The molecule has 2 heterocycles. The lowest BCUT2D eigenvalue weighted by atomic mass is 9.77. The number of piperidine rings is 1. The van der Waals surface area contributed by atoms with Crippen molar-refractivity contribution in [3.05, 3.63) is 65.7 Å². The highest BCUT2D eigenvalue weighted by Crippen LogP contribution is 2.37. The van der Waals surface area contributed by atoms with Crippen molar-refractivity contribution in [2.24, 2.45) is 0 Å². The quantitative estimate of drug-likeness (QED) is 0.845. The number of benzene rings is 2. The average Bonchev–Trinajstić information content (AvgIpc) is 2.75. The molecule has 2 saturated heterocycles. The summed E-state index contributed by atoms with van der Waals surface area (Å²) in [6, 6.07) is 17.5. The van der Waals surface area contributed by atoms with E-state index in [1.54, 1.807) is 0 Å². The monoisotopic (exact) mass is 394 g/mol. The minimum absolute atomic E-state index is 0.0279. The van der Waals surface area contributed by atoms with E-state index < -0.39 is 5.54 Å². The van der Waals surface area contributed by atoms with Crippen molar-refractivity contribution >= 4 is 11.8 Å². The van der Waals surface area contributed by atoms with Crippen LogP contribution in [-0.2, 0) is 26.3 Å². The number of ether oxygens (including phenoxy) is 2. The van der Waals surface area contributed by atoms with Crippen molar-refractivity contribution in [3.8, 4) is 5.75 Å². The van der Waals surface area contributed by atoms with Crippen molar-refractivity contribution in [1.82, 2.24) is 10.2 Å². The van der Waals surface area contributed by atoms with Crippen molar-refractivity contribution in [1.29, 1.82) is 0 Å². The third-order valence-electron chi connectivity index (χ3n) is 5.72. The highest BCUT2D eigenvalue weighted by Gasteiger charge is 2.49. The van der Waals surface area contributed by atoms with Gasteiger partial charge in [-0.2, -0.15) is 0 Å². The number of morpholine rings is 1. The van der Waals surface area contributed by atoms with Gasteiger partial charge in [0.1, 0.15) is 18.5 Å². The number of nitrogens with one attached hydrogen (secondary N) is 1. The second kappa shape index (κ2) is 8.25. The fraction of sp³-hybridized carbons (Fsp3) is 0.391. The van der Waals surface area contributed by atoms with E-state index in [2.05, 4.69) is 5.32 Å². The highest BCUT2D eigenvalue weighted by atomic mass is 16.5. The van der Waals surface area contributed by atoms with Gasteiger partial charge in [0, 0.05) is 13.1 Å². The first-order valence-electron chi connectivity index (χ1n) is 10.1. The third kappa shape index (κ3) is 3.98. The van der Waals surface area contributed by atoms with Crippen molar-refractivity contribution in [2.45, 2.75) is 31.4 Å². The Balaban J connectivity index is 1.47. The molecule has 6 nitrogen and oxygen atoms in total. The van der Waals surface area contributed by atoms with Crippen LogP contribution in [0.5, 0.6) is 5.75 Å². The molecule has 2 aromatic carbocycles. The van der Waals surface area contributed by atoms with Gasteiger partial charge < -0.3 is 19.7 Å². The van der Waals surface area contributed by atoms with Crippen LogP contribution in [0.25, 0.3) is 0 Å². The molecular formula is C23H26N2O4. The van der Waals surface area contributed by atoms with E-state index in [-0.39, 0.29) is 24.5 Å². The fourth-order valence-corrected chi connectivity index (χ4v) is 4.24. The Hall–Kier alpha value is -2.86.